The summed E-state index contributed by atoms with van der Waals surface area (Å²) in [5.74, 6) is 0.314. The van der Waals surface area contributed by atoms with Gasteiger partial charge in [0.1, 0.15) is 6.04 Å². The molecule has 0 unspecified atom stereocenters. The largest absolute Gasteiger partial charge is 0.338 e. The first kappa shape index (κ1) is 20.5. The topological polar surface area (TPSA) is 64.7 Å². The summed E-state index contributed by atoms with van der Waals surface area (Å²) in [6.07, 6.45) is 0.621. The van der Waals surface area contributed by atoms with Crippen LogP contribution in [0.3, 0.4) is 0 Å². The average molecular weight is 381 g/mol. The Morgan fingerprint density at radius 3 is 2.50 bits per heavy atom. The number of benzene rings is 1. The molecule has 1 fully saturated rings. The second-order valence-electron chi connectivity index (χ2n) is 7.27. The van der Waals surface area contributed by atoms with Gasteiger partial charge in [0.25, 0.3) is 0 Å². The highest BCUT2D eigenvalue weighted by Crippen LogP contribution is 2.11. The van der Waals surface area contributed by atoms with Crippen LogP contribution in [0.25, 0.3) is 0 Å². The summed E-state index contributed by atoms with van der Waals surface area (Å²) in [5, 5.41) is 6.29. The number of hydrogen-bond donors (Lipinski definition) is 2. The van der Waals surface area contributed by atoms with E-state index in [1.165, 1.54) is 0 Å². The maximum atomic E-state index is 12.8. The van der Waals surface area contributed by atoms with Crippen LogP contribution in [0.1, 0.15) is 25.8 Å². The van der Waals surface area contributed by atoms with Crippen LogP contribution in [0.2, 0.25) is 5.02 Å². The van der Waals surface area contributed by atoms with Crippen LogP contribution in [-0.2, 0) is 11.3 Å². The van der Waals surface area contributed by atoms with E-state index >= 15 is 0 Å². The molecule has 2 N–H and O–H groups in total. The number of urea groups is 1. The van der Waals surface area contributed by atoms with Gasteiger partial charge in [-0.1, -0.05) is 37.6 Å². The van der Waals surface area contributed by atoms with Gasteiger partial charge in [-0.25, -0.2) is 4.79 Å². The lowest BCUT2D eigenvalue weighted by molar-refractivity contribution is -0.135. The normalized spacial score (nSPS) is 16.4. The van der Waals surface area contributed by atoms with Crippen molar-refractivity contribution in [3.05, 3.63) is 34.9 Å². The van der Waals surface area contributed by atoms with Crippen LogP contribution in [0.15, 0.2) is 24.3 Å². The van der Waals surface area contributed by atoms with Crippen LogP contribution in [-0.4, -0.2) is 61.0 Å². The van der Waals surface area contributed by atoms with Gasteiger partial charge >= 0.3 is 6.03 Å². The van der Waals surface area contributed by atoms with E-state index in [-0.39, 0.29) is 11.9 Å². The van der Waals surface area contributed by atoms with Crippen molar-refractivity contribution in [2.24, 2.45) is 5.92 Å². The minimum atomic E-state index is -0.502. The van der Waals surface area contributed by atoms with Crippen LogP contribution in [0.4, 0.5) is 4.79 Å². The Labute approximate surface area is 160 Å². The van der Waals surface area contributed by atoms with Crippen molar-refractivity contribution in [3.63, 3.8) is 0 Å². The number of rotatable bonds is 6. The molecule has 144 valence electrons. The van der Waals surface area contributed by atoms with Gasteiger partial charge in [0.2, 0.25) is 5.91 Å². The fourth-order valence-corrected chi connectivity index (χ4v) is 3.19. The van der Waals surface area contributed by atoms with Gasteiger partial charge in [-0.3, -0.25) is 4.79 Å². The zero-order valence-electron chi connectivity index (χ0n) is 15.8. The van der Waals surface area contributed by atoms with E-state index in [0.29, 0.717) is 37.0 Å². The predicted molar refractivity (Wildman–Crippen MR) is 104 cm³/mol. The number of amides is 3. The van der Waals surface area contributed by atoms with Crippen molar-refractivity contribution in [1.29, 1.82) is 0 Å². The Morgan fingerprint density at radius 2 is 1.88 bits per heavy atom. The molecular weight excluding hydrogens is 352 g/mol. The molecule has 0 aliphatic carbocycles. The SMILES string of the molecule is CC(C)C[C@@H](NC(=O)NCc1cccc(Cl)c1)C(=O)N1CCN(C)CC1. The summed E-state index contributed by atoms with van der Waals surface area (Å²) in [6.45, 7) is 7.60. The highest BCUT2D eigenvalue weighted by atomic mass is 35.5. The molecule has 0 spiro atoms. The van der Waals surface area contributed by atoms with Crippen LogP contribution in [0, 0.1) is 5.92 Å². The molecule has 1 saturated heterocycles. The van der Waals surface area contributed by atoms with Gasteiger partial charge in [0.15, 0.2) is 0 Å². The second-order valence-corrected chi connectivity index (χ2v) is 7.70. The lowest BCUT2D eigenvalue weighted by Gasteiger charge is -2.35. The lowest BCUT2D eigenvalue weighted by Crippen LogP contribution is -2.55. The summed E-state index contributed by atoms with van der Waals surface area (Å²) in [4.78, 5) is 29.2. The molecule has 26 heavy (non-hydrogen) atoms. The van der Waals surface area contributed by atoms with Crippen molar-refractivity contribution >= 4 is 23.5 Å². The zero-order chi connectivity index (χ0) is 19.1. The molecular formula is C19H29ClN4O2. The van der Waals surface area contributed by atoms with Crippen molar-refractivity contribution in [2.75, 3.05) is 33.2 Å². The molecule has 1 aromatic carbocycles. The minimum Gasteiger partial charge on any atom is -0.338 e. The van der Waals surface area contributed by atoms with E-state index in [4.69, 9.17) is 11.6 Å². The Balaban J connectivity index is 1.91. The van der Waals surface area contributed by atoms with Crippen molar-refractivity contribution in [3.8, 4) is 0 Å². The molecule has 2 rings (SSSR count). The lowest BCUT2D eigenvalue weighted by atomic mass is 10.0. The quantitative estimate of drug-likeness (QED) is 0.796. The van der Waals surface area contributed by atoms with E-state index in [0.717, 1.165) is 18.7 Å². The standard InChI is InChI=1S/C19H29ClN4O2/c1-14(2)11-17(18(25)24-9-7-23(3)8-10-24)22-19(26)21-13-15-5-4-6-16(20)12-15/h4-6,12,14,17H,7-11,13H2,1-3H3,(H2,21,22,26)/t17-/m1/s1. The Morgan fingerprint density at radius 1 is 1.19 bits per heavy atom. The molecule has 1 aromatic rings. The summed E-state index contributed by atoms with van der Waals surface area (Å²) < 4.78 is 0. The number of hydrogen-bond acceptors (Lipinski definition) is 3. The molecule has 3 amide bonds. The monoisotopic (exact) mass is 380 g/mol. The summed E-state index contributed by atoms with van der Waals surface area (Å²) >= 11 is 5.96. The van der Waals surface area contributed by atoms with E-state index in [2.05, 4.69) is 36.4 Å². The Hall–Kier alpha value is -1.79. The van der Waals surface area contributed by atoms with Gasteiger partial charge in [0, 0.05) is 37.7 Å². The number of nitrogens with zero attached hydrogens (tertiary/aromatic N) is 2. The molecule has 1 aliphatic rings. The van der Waals surface area contributed by atoms with Crippen molar-refractivity contribution in [2.45, 2.75) is 32.9 Å². The summed E-state index contributed by atoms with van der Waals surface area (Å²) in [5.41, 5.74) is 0.915. The third-order valence-corrected chi connectivity index (χ3v) is 4.70. The van der Waals surface area contributed by atoms with Crippen molar-refractivity contribution in [1.82, 2.24) is 20.4 Å². The van der Waals surface area contributed by atoms with Gasteiger partial charge in [-0.05, 0) is 37.1 Å². The fraction of sp³-hybridized carbons (Fsp3) is 0.579. The van der Waals surface area contributed by atoms with Gasteiger partial charge in [-0.15, -0.1) is 0 Å². The molecule has 1 atom stereocenters. The number of carbonyl (C=O) groups excluding carboxylic acids is 2. The highest BCUT2D eigenvalue weighted by molar-refractivity contribution is 6.30. The predicted octanol–water partition coefficient (Wildman–Crippen LogP) is 2.33. The zero-order valence-corrected chi connectivity index (χ0v) is 16.6. The van der Waals surface area contributed by atoms with Gasteiger partial charge < -0.3 is 20.4 Å². The van der Waals surface area contributed by atoms with E-state index in [9.17, 15) is 9.59 Å². The maximum absolute atomic E-state index is 12.8. The first-order chi connectivity index (χ1) is 12.3. The van der Waals surface area contributed by atoms with Gasteiger partial charge in [-0.2, -0.15) is 0 Å². The minimum absolute atomic E-state index is 0.00436. The Bertz CT molecular complexity index is 615. The fourth-order valence-electron chi connectivity index (χ4n) is 2.98. The number of halogens is 1. The number of nitrogens with one attached hydrogen (secondary N) is 2. The first-order valence-corrected chi connectivity index (χ1v) is 9.49. The molecule has 7 heteroatoms. The van der Waals surface area contributed by atoms with E-state index in [1.54, 1.807) is 6.07 Å². The summed E-state index contributed by atoms with van der Waals surface area (Å²) in [6, 6.07) is 6.50. The number of carbonyl (C=O) groups is 2. The molecule has 0 aromatic heterocycles. The van der Waals surface area contributed by atoms with E-state index < -0.39 is 6.04 Å². The second kappa shape index (κ2) is 9.78. The third-order valence-electron chi connectivity index (χ3n) is 4.47. The molecule has 6 nitrogen and oxygen atoms in total. The molecule has 1 aliphatic heterocycles. The molecule has 0 saturated carbocycles. The number of piperazine rings is 1. The number of likely N-dealkylation sites (N-methyl/N-ethyl adjacent to an activating group) is 1. The van der Waals surface area contributed by atoms with Crippen LogP contribution in [0.5, 0.6) is 0 Å². The molecule has 0 bridgehead atoms. The van der Waals surface area contributed by atoms with Gasteiger partial charge in [0.05, 0.1) is 0 Å². The first-order valence-electron chi connectivity index (χ1n) is 9.11. The Kier molecular flexibility index (Phi) is 7.72. The molecule has 0 radical (unpaired) electrons. The van der Waals surface area contributed by atoms with Crippen LogP contribution < -0.4 is 10.6 Å². The highest BCUT2D eigenvalue weighted by Gasteiger charge is 2.28. The summed E-state index contributed by atoms with van der Waals surface area (Å²) in [7, 11) is 2.05. The van der Waals surface area contributed by atoms with Crippen molar-refractivity contribution < 1.29 is 9.59 Å². The van der Waals surface area contributed by atoms with E-state index in [1.807, 2.05) is 23.1 Å². The van der Waals surface area contributed by atoms with Crippen LogP contribution >= 0.6 is 11.6 Å². The average Bonchev–Trinajstić information content (AvgIpc) is 2.59. The smallest absolute Gasteiger partial charge is 0.315 e. The maximum Gasteiger partial charge on any atom is 0.315 e. The molecule has 1 heterocycles. The third kappa shape index (κ3) is 6.50.